The van der Waals surface area contributed by atoms with Crippen molar-refractivity contribution in [1.29, 1.82) is 0 Å². The monoisotopic (exact) mass is 224 g/mol. The van der Waals surface area contributed by atoms with Crippen LogP contribution in [0.15, 0.2) is 24.5 Å². The molecule has 2 rings (SSSR count). The number of thiazole rings is 1. The Hall–Kier alpha value is -1.26. The Morgan fingerprint density at radius 2 is 2.29 bits per heavy atom. The number of aldehydes is 1. The van der Waals surface area contributed by atoms with Gasteiger partial charge in [0.15, 0.2) is 6.29 Å². The molecule has 0 atom stereocenters. The van der Waals surface area contributed by atoms with E-state index in [0.717, 1.165) is 6.29 Å². The maximum Gasteiger partial charge on any atom is 0.161 e. The molecule has 3 nitrogen and oxygen atoms in total. The van der Waals surface area contributed by atoms with Gasteiger partial charge in [-0.15, -0.1) is 11.3 Å². The van der Waals surface area contributed by atoms with Gasteiger partial charge in [-0.1, -0.05) is 11.6 Å². The van der Waals surface area contributed by atoms with E-state index in [-0.39, 0.29) is 0 Å². The zero-order chi connectivity index (χ0) is 9.97. The number of rotatable bonds is 2. The Labute approximate surface area is 89.4 Å². The first-order chi connectivity index (χ1) is 6.81. The predicted molar refractivity (Wildman–Crippen MR) is 55.7 cm³/mol. The second kappa shape index (κ2) is 3.86. The van der Waals surface area contributed by atoms with E-state index in [0.29, 0.717) is 20.6 Å². The number of nitrogens with zero attached hydrogens (tertiary/aromatic N) is 2. The maximum absolute atomic E-state index is 10.5. The lowest BCUT2D eigenvalue weighted by atomic mass is 10.4. The molecule has 0 aliphatic rings. The van der Waals surface area contributed by atoms with Crippen LogP contribution >= 0.6 is 22.9 Å². The van der Waals surface area contributed by atoms with Crippen LogP contribution in [0.4, 0.5) is 0 Å². The molecule has 0 unspecified atom stereocenters. The quantitative estimate of drug-likeness (QED) is 0.737. The summed E-state index contributed by atoms with van der Waals surface area (Å²) in [7, 11) is 0. The number of carbonyl (C=O) groups excluding carboxylic acids is 1. The van der Waals surface area contributed by atoms with E-state index in [1.54, 1.807) is 18.3 Å². The molecule has 0 saturated carbocycles. The van der Waals surface area contributed by atoms with Gasteiger partial charge in [0.1, 0.15) is 10.7 Å². The van der Waals surface area contributed by atoms with Gasteiger partial charge in [0, 0.05) is 12.4 Å². The average Bonchev–Trinajstić information content (AvgIpc) is 2.67. The third-order valence-corrected chi connectivity index (χ3v) is 2.84. The van der Waals surface area contributed by atoms with Crippen molar-refractivity contribution < 1.29 is 4.79 Å². The molecule has 2 aromatic heterocycles. The summed E-state index contributed by atoms with van der Waals surface area (Å²) in [5.41, 5.74) is 0.618. The highest BCUT2D eigenvalue weighted by Gasteiger charge is 2.08. The van der Waals surface area contributed by atoms with Crippen molar-refractivity contribution in [3.63, 3.8) is 0 Å². The Morgan fingerprint density at radius 3 is 2.93 bits per heavy atom. The number of hydrogen-bond donors (Lipinski definition) is 0. The van der Waals surface area contributed by atoms with E-state index in [2.05, 4.69) is 9.97 Å². The molecule has 0 saturated heterocycles. The lowest BCUT2D eigenvalue weighted by Gasteiger charge is -1.96. The molecule has 0 aromatic carbocycles. The van der Waals surface area contributed by atoms with Gasteiger partial charge in [-0.05, 0) is 12.1 Å². The molecule has 0 bridgehead atoms. The van der Waals surface area contributed by atoms with Crippen LogP contribution < -0.4 is 0 Å². The van der Waals surface area contributed by atoms with E-state index in [1.165, 1.54) is 17.5 Å². The second-order valence-electron chi connectivity index (χ2n) is 2.52. The largest absolute Gasteiger partial charge is 0.297 e. The second-order valence-corrected chi connectivity index (χ2v) is 3.99. The molecule has 70 valence electrons. The number of pyridine rings is 1. The summed E-state index contributed by atoms with van der Waals surface area (Å²) in [4.78, 5) is 19.2. The predicted octanol–water partition coefficient (Wildman–Crippen LogP) is 2.67. The van der Waals surface area contributed by atoms with E-state index in [9.17, 15) is 4.79 Å². The zero-order valence-electron chi connectivity index (χ0n) is 6.98. The van der Waals surface area contributed by atoms with E-state index >= 15 is 0 Å². The van der Waals surface area contributed by atoms with Crippen molar-refractivity contribution >= 4 is 29.2 Å². The summed E-state index contributed by atoms with van der Waals surface area (Å²) in [5.74, 6) is 0. The normalized spacial score (nSPS) is 10.1. The van der Waals surface area contributed by atoms with Crippen molar-refractivity contribution in [2.45, 2.75) is 0 Å². The molecule has 0 fully saturated rings. The van der Waals surface area contributed by atoms with Crippen molar-refractivity contribution in [1.82, 2.24) is 9.97 Å². The van der Waals surface area contributed by atoms with Gasteiger partial charge in [-0.3, -0.25) is 9.78 Å². The van der Waals surface area contributed by atoms with Crippen LogP contribution in [0, 0.1) is 0 Å². The fourth-order valence-electron chi connectivity index (χ4n) is 0.994. The first-order valence-electron chi connectivity index (χ1n) is 3.83. The average molecular weight is 225 g/mol. The van der Waals surface area contributed by atoms with Gasteiger partial charge in [0.2, 0.25) is 0 Å². The first kappa shape index (κ1) is 9.30. The molecule has 0 N–H and O–H groups in total. The fourth-order valence-corrected chi connectivity index (χ4v) is 2.00. The zero-order valence-corrected chi connectivity index (χ0v) is 8.55. The van der Waals surface area contributed by atoms with Crippen LogP contribution in [0.3, 0.4) is 0 Å². The van der Waals surface area contributed by atoms with E-state index in [4.69, 9.17) is 11.6 Å². The molecule has 14 heavy (non-hydrogen) atoms. The molecule has 0 radical (unpaired) electrons. The highest BCUT2D eigenvalue weighted by Crippen LogP contribution is 2.28. The van der Waals surface area contributed by atoms with Crippen LogP contribution in [-0.2, 0) is 0 Å². The molecule has 0 aliphatic heterocycles. The molecule has 0 spiro atoms. The smallest absolute Gasteiger partial charge is 0.161 e. The molecule has 2 heterocycles. The van der Waals surface area contributed by atoms with Crippen LogP contribution in [-0.4, -0.2) is 16.3 Å². The summed E-state index contributed by atoms with van der Waals surface area (Å²) in [6.45, 7) is 0. The van der Waals surface area contributed by atoms with E-state index < -0.39 is 0 Å². The SMILES string of the molecule is O=Cc1cnc(-c2ncccc2Cl)s1. The lowest BCUT2D eigenvalue weighted by Crippen LogP contribution is -1.81. The minimum Gasteiger partial charge on any atom is -0.297 e. The van der Waals surface area contributed by atoms with Crippen LogP contribution in [0.5, 0.6) is 0 Å². The number of carbonyl (C=O) groups is 1. The Balaban J connectivity index is 2.49. The van der Waals surface area contributed by atoms with E-state index in [1.807, 2.05) is 0 Å². The third kappa shape index (κ3) is 1.66. The summed E-state index contributed by atoms with van der Waals surface area (Å²) in [6.07, 6.45) is 3.92. The fraction of sp³-hybridized carbons (Fsp3) is 0. The van der Waals surface area contributed by atoms with Crippen LogP contribution in [0.2, 0.25) is 5.02 Å². The first-order valence-corrected chi connectivity index (χ1v) is 5.02. The highest BCUT2D eigenvalue weighted by molar-refractivity contribution is 7.16. The molecule has 5 heteroatoms. The highest BCUT2D eigenvalue weighted by atomic mass is 35.5. The topological polar surface area (TPSA) is 42.9 Å². The molecular formula is C9H5ClN2OS. The lowest BCUT2D eigenvalue weighted by molar-refractivity contribution is 0.112. The van der Waals surface area contributed by atoms with Crippen molar-refractivity contribution in [3.8, 4) is 10.7 Å². The molecular weight excluding hydrogens is 220 g/mol. The number of halogens is 1. The Kier molecular flexibility index (Phi) is 2.56. The van der Waals surface area contributed by atoms with Gasteiger partial charge < -0.3 is 0 Å². The van der Waals surface area contributed by atoms with Gasteiger partial charge in [-0.2, -0.15) is 0 Å². The minimum atomic E-state index is 0.541. The standard InChI is InChI=1S/C9H5ClN2OS/c10-7-2-1-3-11-8(7)9-12-4-6(5-13)14-9/h1-5H. The van der Waals surface area contributed by atoms with Crippen molar-refractivity contribution in [3.05, 3.63) is 34.4 Å². The van der Waals surface area contributed by atoms with Crippen LogP contribution in [0.25, 0.3) is 10.7 Å². The summed E-state index contributed by atoms with van der Waals surface area (Å²) >= 11 is 7.20. The van der Waals surface area contributed by atoms with Gasteiger partial charge >= 0.3 is 0 Å². The van der Waals surface area contributed by atoms with Gasteiger partial charge in [-0.25, -0.2) is 4.98 Å². The van der Waals surface area contributed by atoms with Crippen LogP contribution in [0.1, 0.15) is 9.67 Å². The third-order valence-electron chi connectivity index (χ3n) is 1.60. The van der Waals surface area contributed by atoms with Gasteiger partial charge in [0.05, 0.1) is 9.90 Å². The summed E-state index contributed by atoms with van der Waals surface area (Å²) in [5, 5.41) is 1.21. The molecule has 2 aromatic rings. The van der Waals surface area contributed by atoms with Crippen molar-refractivity contribution in [2.75, 3.05) is 0 Å². The molecule has 0 amide bonds. The number of aromatic nitrogens is 2. The Bertz CT molecular complexity index is 469. The Morgan fingerprint density at radius 1 is 1.43 bits per heavy atom. The van der Waals surface area contributed by atoms with Crippen molar-refractivity contribution in [2.24, 2.45) is 0 Å². The number of hydrogen-bond acceptors (Lipinski definition) is 4. The minimum absolute atomic E-state index is 0.541. The summed E-state index contributed by atoms with van der Waals surface area (Å²) in [6, 6.07) is 3.49. The van der Waals surface area contributed by atoms with Gasteiger partial charge in [0.25, 0.3) is 0 Å². The summed E-state index contributed by atoms with van der Waals surface area (Å²) < 4.78 is 0. The maximum atomic E-state index is 10.5. The molecule has 0 aliphatic carbocycles.